The predicted octanol–water partition coefficient (Wildman–Crippen LogP) is 3.54. The zero-order valence-electron chi connectivity index (χ0n) is 8.96. The van der Waals surface area contributed by atoms with E-state index in [1.54, 1.807) is 0 Å². The molecular weight excluding hydrogens is 170 g/mol. The molecule has 0 aliphatic carbocycles. The van der Waals surface area contributed by atoms with Crippen LogP contribution in [-0.4, -0.2) is 0 Å². The van der Waals surface area contributed by atoms with E-state index in [1.807, 2.05) is 18.2 Å². The van der Waals surface area contributed by atoms with Gasteiger partial charge in [-0.05, 0) is 24.0 Å². The smallest absolute Gasteiger partial charge is 0.0994 e. The van der Waals surface area contributed by atoms with E-state index in [0.717, 1.165) is 12.0 Å². The molecule has 0 aliphatic heterocycles. The van der Waals surface area contributed by atoms with E-state index in [1.165, 1.54) is 18.4 Å². The van der Waals surface area contributed by atoms with Gasteiger partial charge in [0.1, 0.15) is 0 Å². The minimum Gasteiger partial charge on any atom is -0.192 e. The Bertz CT molecular complexity index is 322. The summed E-state index contributed by atoms with van der Waals surface area (Å²) in [4.78, 5) is 0. The van der Waals surface area contributed by atoms with Crippen molar-refractivity contribution >= 4 is 0 Å². The normalized spacial score (nSPS) is 12.1. The minimum absolute atomic E-state index is 0.675. The molecule has 14 heavy (non-hydrogen) atoms. The molecular formula is C13H17N. The minimum atomic E-state index is 0.675. The molecule has 0 spiro atoms. The summed E-state index contributed by atoms with van der Waals surface area (Å²) in [5, 5.41) is 8.91. The van der Waals surface area contributed by atoms with Crippen LogP contribution in [0.2, 0.25) is 0 Å². The molecule has 1 nitrogen and oxygen atoms in total. The summed E-state index contributed by atoms with van der Waals surface area (Å²) in [6.45, 7) is 4.45. The number of nitrogens with zero attached hydrogens (tertiary/aromatic N) is 1. The number of nitriles is 1. The van der Waals surface area contributed by atoms with Gasteiger partial charge in [0.25, 0.3) is 0 Å². The maximum atomic E-state index is 8.91. The van der Waals surface area contributed by atoms with Crippen molar-refractivity contribution in [3.63, 3.8) is 0 Å². The lowest BCUT2D eigenvalue weighted by Gasteiger charge is -2.10. The first-order valence-corrected chi connectivity index (χ1v) is 5.26. The Balaban J connectivity index is 2.71. The van der Waals surface area contributed by atoms with Gasteiger partial charge in [-0.2, -0.15) is 5.26 Å². The van der Waals surface area contributed by atoms with E-state index in [9.17, 15) is 0 Å². The van der Waals surface area contributed by atoms with Crippen LogP contribution in [0, 0.1) is 17.2 Å². The quantitative estimate of drug-likeness (QED) is 0.707. The third-order valence-electron chi connectivity index (χ3n) is 2.49. The largest absolute Gasteiger partial charge is 0.192 e. The SMILES string of the molecule is CCCC(C)Cc1ccccc1C#N. The van der Waals surface area contributed by atoms with E-state index < -0.39 is 0 Å². The summed E-state index contributed by atoms with van der Waals surface area (Å²) in [7, 11) is 0. The third kappa shape index (κ3) is 2.88. The van der Waals surface area contributed by atoms with Gasteiger partial charge in [0.15, 0.2) is 0 Å². The Morgan fingerprint density at radius 2 is 2.07 bits per heavy atom. The summed E-state index contributed by atoms with van der Waals surface area (Å²) < 4.78 is 0. The lowest BCUT2D eigenvalue weighted by molar-refractivity contribution is 0.522. The highest BCUT2D eigenvalue weighted by atomic mass is 14.2. The molecule has 0 saturated carbocycles. The Hall–Kier alpha value is -1.29. The number of hydrogen-bond donors (Lipinski definition) is 0. The average Bonchev–Trinajstić information content (AvgIpc) is 2.19. The lowest BCUT2D eigenvalue weighted by atomic mass is 9.94. The van der Waals surface area contributed by atoms with E-state index >= 15 is 0 Å². The zero-order chi connectivity index (χ0) is 10.4. The van der Waals surface area contributed by atoms with Crippen LogP contribution in [0.5, 0.6) is 0 Å². The molecule has 0 amide bonds. The van der Waals surface area contributed by atoms with Crippen molar-refractivity contribution in [2.75, 3.05) is 0 Å². The highest BCUT2D eigenvalue weighted by Crippen LogP contribution is 2.16. The Labute approximate surface area is 86.4 Å². The van der Waals surface area contributed by atoms with Gasteiger partial charge >= 0.3 is 0 Å². The van der Waals surface area contributed by atoms with Gasteiger partial charge in [0, 0.05) is 0 Å². The summed E-state index contributed by atoms with van der Waals surface area (Å²) in [5.41, 5.74) is 2.02. The van der Waals surface area contributed by atoms with Crippen molar-refractivity contribution < 1.29 is 0 Å². The topological polar surface area (TPSA) is 23.8 Å². The van der Waals surface area contributed by atoms with Crippen LogP contribution in [-0.2, 0) is 6.42 Å². The molecule has 0 radical (unpaired) electrons. The second-order valence-electron chi connectivity index (χ2n) is 3.87. The van der Waals surface area contributed by atoms with Crippen LogP contribution >= 0.6 is 0 Å². The van der Waals surface area contributed by atoms with Gasteiger partial charge in [-0.15, -0.1) is 0 Å². The first-order chi connectivity index (χ1) is 6.77. The lowest BCUT2D eigenvalue weighted by Crippen LogP contribution is -2.00. The molecule has 1 rings (SSSR count). The van der Waals surface area contributed by atoms with Crippen molar-refractivity contribution in [3.8, 4) is 6.07 Å². The van der Waals surface area contributed by atoms with Gasteiger partial charge in [-0.1, -0.05) is 44.9 Å². The van der Waals surface area contributed by atoms with E-state index in [0.29, 0.717) is 5.92 Å². The summed E-state index contributed by atoms with van der Waals surface area (Å²) in [6.07, 6.45) is 3.48. The fourth-order valence-electron chi connectivity index (χ4n) is 1.78. The van der Waals surface area contributed by atoms with Crippen molar-refractivity contribution in [1.29, 1.82) is 5.26 Å². The van der Waals surface area contributed by atoms with Crippen LogP contribution in [0.4, 0.5) is 0 Å². The standard InChI is InChI=1S/C13H17N/c1-3-6-11(2)9-12-7-4-5-8-13(12)10-14/h4-5,7-8,11H,3,6,9H2,1-2H3. The molecule has 1 unspecified atom stereocenters. The van der Waals surface area contributed by atoms with Crippen molar-refractivity contribution in [2.24, 2.45) is 5.92 Å². The molecule has 0 fully saturated rings. The van der Waals surface area contributed by atoms with Gasteiger partial charge in [-0.3, -0.25) is 0 Å². The fourth-order valence-corrected chi connectivity index (χ4v) is 1.78. The number of benzene rings is 1. The van der Waals surface area contributed by atoms with Gasteiger partial charge in [-0.25, -0.2) is 0 Å². The first kappa shape index (κ1) is 10.8. The Kier molecular flexibility index (Phi) is 4.19. The molecule has 0 heterocycles. The molecule has 74 valence electrons. The molecule has 0 saturated heterocycles. The van der Waals surface area contributed by atoms with Crippen LogP contribution in [0.15, 0.2) is 24.3 Å². The monoisotopic (exact) mass is 187 g/mol. The highest BCUT2D eigenvalue weighted by molar-refractivity contribution is 5.37. The molecule has 0 bridgehead atoms. The average molecular weight is 187 g/mol. The van der Waals surface area contributed by atoms with Crippen LogP contribution in [0.3, 0.4) is 0 Å². The Morgan fingerprint density at radius 3 is 2.71 bits per heavy atom. The van der Waals surface area contributed by atoms with E-state index in [-0.39, 0.29) is 0 Å². The van der Waals surface area contributed by atoms with Gasteiger partial charge < -0.3 is 0 Å². The van der Waals surface area contributed by atoms with Crippen LogP contribution in [0.1, 0.15) is 37.8 Å². The maximum absolute atomic E-state index is 8.91. The van der Waals surface area contributed by atoms with Crippen LogP contribution < -0.4 is 0 Å². The zero-order valence-corrected chi connectivity index (χ0v) is 8.96. The second-order valence-corrected chi connectivity index (χ2v) is 3.87. The van der Waals surface area contributed by atoms with Gasteiger partial charge in [0.2, 0.25) is 0 Å². The molecule has 1 atom stereocenters. The molecule has 1 heteroatoms. The molecule has 0 N–H and O–H groups in total. The summed E-state index contributed by atoms with van der Waals surface area (Å²) in [6, 6.07) is 10.1. The second kappa shape index (κ2) is 5.44. The summed E-state index contributed by atoms with van der Waals surface area (Å²) in [5.74, 6) is 0.675. The van der Waals surface area contributed by atoms with E-state index in [2.05, 4.69) is 26.0 Å². The molecule has 0 aromatic heterocycles. The number of rotatable bonds is 4. The van der Waals surface area contributed by atoms with Crippen LogP contribution in [0.25, 0.3) is 0 Å². The summed E-state index contributed by atoms with van der Waals surface area (Å²) >= 11 is 0. The first-order valence-electron chi connectivity index (χ1n) is 5.26. The van der Waals surface area contributed by atoms with Crippen molar-refractivity contribution in [1.82, 2.24) is 0 Å². The maximum Gasteiger partial charge on any atom is 0.0994 e. The highest BCUT2D eigenvalue weighted by Gasteiger charge is 2.05. The van der Waals surface area contributed by atoms with Crippen molar-refractivity contribution in [3.05, 3.63) is 35.4 Å². The Morgan fingerprint density at radius 1 is 1.36 bits per heavy atom. The van der Waals surface area contributed by atoms with Gasteiger partial charge in [0.05, 0.1) is 11.6 Å². The molecule has 1 aromatic carbocycles. The van der Waals surface area contributed by atoms with E-state index in [4.69, 9.17) is 5.26 Å². The molecule has 0 aliphatic rings. The fraction of sp³-hybridized carbons (Fsp3) is 0.462. The van der Waals surface area contributed by atoms with Crippen molar-refractivity contribution in [2.45, 2.75) is 33.1 Å². The molecule has 1 aromatic rings. The number of hydrogen-bond acceptors (Lipinski definition) is 1. The predicted molar refractivity (Wildman–Crippen MR) is 58.9 cm³/mol. The third-order valence-corrected chi connectivity index (χ3v) is 2.49.